The second-order valence-electron chi connectivity index (χ2n) is 5.72. The van der Waals surface area contributed by atoms with E-state index in [2.05, 4.69) is 0 Å². The number of aliphatic hydroxyl groups is 1. The molecule has 1 aromatic rings. The molecule has 1 aliphatic rings. The molecule has 0 aromatic heterocycles. The number of hydrogen-bond acceptors (Lipinski definition) is 3. The Morgan fingerprint density at radius 1 is 1.27 bits per heavy atom. The Kier molecular flexibility index (Phi) is 3.73. The highest BCUT2D eigenvalue weighted by Crippen LogP contribution is 2.54. The number of carboxylic acid groups (broad SMARTS) is 1. The number of alkyl halides is 3. The van der Waals surface area contributed by atoms with Crippen molar-refractivity contribution in [2.24, 2.45) is 5.41 Å². The zero-order valence-electron chi connectivity index (χ0n) is 11.9. The highest BCUT2D eigenvalue weighted by atomic mass is 19.4. The number of carboxylic acids is 1. The van der Waals surface area contributed by atoms with E-state index in [9.17, 15) is 28.2 Å². The molecule has 120 valence electrons. The molecule has 7 heteroatoms. The third kappa shape index (κ3) is 2.16. The Bertz CT molecular complexity index is 634. The number of fused-ring (bicyclic) bond motifs is 1. The first-order chi connectivity index (χ1) is 10.1. The molecule has 4 nitrogen and oxygen atoms in total. The summed E-state index contributed by atoms with van der Waals surface area (Å²) in [7, 11) is 0. The van der Waals surface area contributed by atoms with Crippen LogP contribution < -0.4 is 4.74 Å². The molecule has 0 bridgehead atoms. The smallest absolute Gasteiger partial charge is 0.433 e. The molecular weight excluding hydrogens is 301 g/mol. The first-order valence-corrected chi connectivity index (χ1v) is 6.48. The van der Waals surface area contributed by atoms with Crippen LogP contribution in [0.3, 0.4) is 0 Å². The van der Waals surface area contributed by atoms with Crippen LogP contribution in [0.4, 0.5) is 13.2 Å². The van der Waals surface area contributed by atoms with Crippen LogP contribution in [0.25, 0.3) is 6.08 Å². The van der Waals surface area contributed by atoms with Crippen molar-refractivity contribution in [2.75, 3.05) is 6.61 Å². The Balaban J connectivity index is 2.81. The lowest BCUT2D eigenvalue weighted by Crippen LogP contribution is -2.64. The molecule has 0 aliphatic carbocycles. The van der Waals surface area contributed by atoms with Crippen LogP contribution in [0.5, 0.6) is 5.75 Å². The number of aliphatic hydroxyl groups excluding tert-OH is 1. The number of hydrogen-bond donors (Lipinski definition) is 2. The van der Waals surface area contributed by atoms with Crippen molar-refractivity contribution >= 4 is 12.0 Å². The van der Waals surface area contributed by atoms with Crippen LogP contribution >= 0.6 is 0 Å². The van der Waals surface area contributed by atoms with Crippen molar-refractivity contribution in [2.45, 2.75) is 25.6 Å². The first-order valence-electron chi connectivity index (χ1n) is 6.48. The van der Waals surface area contributed by atoms with Crippen molar-refractivity contribution in [3.63, 3.8) is 0 Å². The number of ether oxygens (including phenoxy) is 1. The normalized spacial score (nSPS) is 21.6. The van der Waals surface area contributed by atoms with Crippen LogP contribution in [0.15, 0.2) is 29.8 Å². The first kappa shape index (κ1) is 16.4. The molecule has 1 atom stereocenters. The average molecular weight is 316 g/mol. The lowest BCUT2D eigenvalue weighted by atomic mass is 9.68. The molecule has 0 spiro atoms. The summed E-state index contributed by atoms with van der Waals surface area (Å²) in [5, 5.41) is 18.7. The maximum absolute atomic E-state index is 13.8. The summed E-state index contributed by atoms with van der Waals surface area (Å²) in [6.07, 6.45) is -4.08. The minimum absolute atomic E-state index is 0.0775. The largest absolute Gasteiger partial charge is 0.478 e. The maximum Gasteiger partial charge on any atom is 0.433 e. The standard InChI is InChI=1S/C15H15F3O4/c1-13(2,8-19)14(15(16,17)18)10(12(20)21)7-9-5-3-4-6-11(9)22-14/h3-7,19H,8H2,1-2H3,(H,20,21). The molecule has 0 saturated carbocycles. The number of para-hydroxylation sites is 1. The second-order valence-corrected chi connectivity index (χ2v) is 5.72. The van der Waals surface area contributed by atoms with E-state index in [-0.39, 0.29) is 11.3 Å². The van der Waals surface area contributed by atoms with Gasteiger partial charge in [-0.2, -0.15) is 13.2 Å². The lowest BCUT2D eigenvalue weighted by molar-refractivity contribution is -0.274. The molecule has 1 unspecified atom stereocenters. The number of halogens is 3. The van der Waals surface area contributed by atoms with Crippen molar-refractivity contribution in [1.29, 1.82) is 0 Å². The van der Waals surface area contributed by atoms with Gasteiger partial charge in [0.1, 0.15) is 5.75 Å². The van der Waals surface area contributed by atoms with Gasteiger partial charge in [0, 0.05) is 11.0 Å². The molecule has 0 saturated heterocycles. The summed E-state index contributed by atoms with van der Waals surface area (Å²) in [4.78, 5) is 11.5. The highest BCUT2D eigenvalue weighted by molar-refractivity contribution is 5.96. The molecule has 0 fully saturated rings. The van der Waals surface area contributed by atoms with Crippen molar-refractivity contribution < 1.29 is 32.9 Å². The van der Waals surface area contributed by atoms with Gasteiger partial charge in [-0.25, -0.2) is 4.79 Å². The number of carbonyl (C=O) groups is 1. The Hall–Kier alpha value is -2.02. The van der Waals surface area contributed by atoms with E-state index in [1.165, 1.54) is 18.2 Å². The second kappa shape index (κ2) is 5.01. The average Bonchev–Trinajstić information content (AvgIpc) is 2.44. The minimum atomic E-state index is -5.03. The van der Waals surface area contributed by atoms with E-state index < -0.39 is 35.3 Å². The van der Waals surface area contributed by atoms with Gasteiger partial charge in [0.15, 0.2) is 0 Å². The van der Waals surface area contributed by atoms with Crippen molar-refractivity contribution in [1.82, 2.24) is 0 Å². The van der Waals surface area contributed by atoms with E-state index in [1.54, 1.807) is 6.07 Å². The van der Waals surface area contributed by atoms with E-state index >= 15 is 0 Å². The molecule has 0 amide bonds. The van der Waals surface area contributed by atoms with Crippen LogP contribution in [-0.4, -0.2) is 34.6 Å². The van der Waals surface area contributed by atoms with Gasteiger partial charge in [0.05, 0.1) is 12.2 Å². The third-order valence-electron chi connectivity index (χ3n) is 3.84. The lowest BCUT2D eigenvalue weighted by Gasteiger charge is -2.48. The van der Waals surface area contributed by atoms with Crippen LogP contribution in [0.1, 0.15) is 19.4 Å². The summed E-state index contributed by atoms with van der Waals surface area (Å²) < 4.78 is 46.7. The van der Waals surface area contributed by atoms with Gasteiger partial charge >= 0.3 is 12.1 Å². The SMILES string of the molecule is CC(C)(CO)C1(C(F)(F)F)Oc2ccccc2C=C1C(=O)O. The molecule has 0 radical (unpaired) electrons. The van der Waals surface area contributed by atoms with Crippen LogP contribution in [-0.2, 0) is 4.79 Å². The zero-order valence-corrected chi connectivity index (χ0v) is 11.9. The summed E-state index contributed by atoms with van der Waals surface area (Å²) >= 11 is 0. The highest BCUT2D eigenvalue weighted by Gasteiger charge is 2.70. The maximum atomic E-state index is 13.8. The Morgan fingerprint density at radius 3 is 2.36 bits per heavy atom. The number of rotatable bonds is 3. The summed E-state index contributed by atoms with van der Waals surface area (Å²) in [6, 6.07) is 5.85. The molecular formula is C15H15F3O4. The molecule has 22 heavy (non-hydrogen) atoms. The molecule has 1 heterocycles. The van der Waals surface area contributed by atoms with Crippen molar-refractivity contribution in [3.8, 4) is 5.75 Å². The Morgan fingerprint density at radius 2 is 1.86 bits per heavy atom. The van der Waals surface area contributed by atoms with Crippen LogP contribution in [0, 0.1) is 5.41 Å². The monoisotopic (exact) mass is 316 g/mol. The minimum Gasteiger partial charge on any atom is -0.478 e. The molecule has 1 aliphatic heterocycles. The van der Waals surface area contributed by atoms with Gasteiger partial charge in [-0.05, 0) is 12.1 Å². The quantitative estimate of drug-likeness (QED) is 0.900. The summed E-state index contributed by atoms with van der Waals surface area (Å²) in [5.74, 6) is -1.82. The van der Waals surface area contributed by atoms with Gasteiger partial charge in [-0.3, -0.25) is 0 Å². The van der Waals surface area contributed by atoms with Gasteiger partial charge in [-0.15, -0.1) is 0 Å². The zero-order chi connectivity index (χ0) is 16.8. The predicted molar refractivity (Wildman–Crippen MR) is 72.3 cm³/mol. The topological polar surface area (TPSA) is 66.8 Å². The van der Waals surface area contributed by atoms with Crippen LogP contribution in [0.2, 0.25) is 0 Å². The van der Waals surface area contributed by atoms with E-state index in [0.29, 0.717) is 0 Å². The molecule has 1 aromatic carbocycles. The van der Waals surface area contributed by atoms with E-state index in [0.717, 1.165) is 19.9 Å². The van der Waals surface area contributed by atoms with Gasteiger partial charge in [0.2, 0.25) is 5.60 Å². The van der Waals surface area contributed by atoms with E-state index in [4.69, 9.17) is 4.74 Å². The van der Waals surface area contributed by atoms with Gasteiger partial charge in [0.25, 0.3) is 0 Å². The summed E-state index contributed by atoms with van der Waals surface area (Å²) in [6.45, 7) is 1.33. The fraction of sp³-hybridized carbons (Fsp3) is 0.400. The van der Waals surface area contributed by atoms with Gasteiger partial charge < -0.3 is 14.9 Å². The number of benzene rings is 1. The number of aliphatic carboxylic acids is 1. The third-order valence-corrected chi connectivity index (χ3v) is 3.84. The molecule has 2 N–H and O–H groups in total. The molecule has 2 rings (SSSR count). The predicted octanol–water partition coefficient (Wildman–Crippen LogP) is 2.87. The summed E-state index contributed by atoms with van der Waals surface area (Å²) in [5.41, 5.74) is -5.75. The Labute approximate surface area is 124 Å². The van der Waals surface area contributed by atoms with E-state index in [1.807, 2.05) is 0 Å². The van der Waals surface area contributed by atoms with Gasteiger partial charge in [-0.1, -0.05) is 32.0 Å². The van der Waals surface area contributed by atoms with Crippen molar-refractivity contribution in [3.05, 3.63) is 35.4 Å². The fourth-order valence-corrected chi connectivity index (χ4v) is 2.59. The fourth-order valence-electron chi connectivity index (χ4n) is 2.59.